The van der Waals surface area contributed by atoms with Crippen LogP contribution in [0.5, 0.6) is 0 Å². The lowest BCUT2D eigenvalue weighted by Crippen LogP contribution is -2.11. The first-order chi connectivity index (χ1) is 12.8. The molecule has 0 aliphatic heterocycles. The highest BCUT2D eigenvalue weighted by atomic mass is 14.9. The van der Waals surface area contributed by atoms with Crippen LogP contribution in [0.1, 0.15) is 11.1 Å². The third kappa shape index (κ3) is 3.35. The van der Waals surface area contributed by atoms with Crippen LogP contribution in [0.3, 0.4) is 0 Å². The van der Waals surface area contributed by atoms with Crippen molar-refractivity contribution in [2.24, 2.45) is 0 Å². The molecule has 0 saturated carbocycles. The second-order valence-electron chi connectivity index (χ2n) is 6.26. The highest BCUT2D eigenvalue weighted by molar-refractivity contribution is 5.85. The minimum Gasteiger partial charge on any atom is -0.381 e. The number of nitrogens with zero attached hydrogens (tertiary/aromatic N) is 1. The van der Waals surface area contributed by atoms with E-state index in [9.17, 15) is 0 Å². The Hall–Kier alpha value is -3.39. The first-order valence-electron chi connectivity index (χ1n) is 8.72. The smallest absolute Gasteiger partial charge is 0.0701 e. The van der Waals surface area contributed by atoms with E-state index in [2.05, 4.69) is 83.6 Å². The van der Waals surface area contributed by atoms with Crippen LogP contribution < -0.4 is 5.32 Å². The monoisotopic (exact) mass is 336 g/mol. The molecule has 0 radical (unpaired) electrons. The van der Waals surface area contributed by atoms with E-state index in [-0.39, 0.29) is 0 Å². The van der Waals surface area contributed by atoms with Gasteiger partial charge in [0.15, 0.2) is 0 Å². The molecule has 4 aromatic rings. The molecule has 2 nitrogen and oxygen atoms in total. The van der Waals surface area contributed by atoms with Gasteiger partial charge in [-0.3, -0.25) is 4.98 Å². The fourth-order valence-corrected chi connectivity index (χ4v) is 3.13. The summed E-state index contributed by atoms with van der Waals surface area (Å²) in [4.78, 5) is 4.39. The lowest BCUT2D eigenvalue weighted by atomic mass is 10.0. The molecule has 2 heteroatoms. The molecule has 4 rings (SSSR count). The molecule has 0 amide bonds. The number of nitrogens with one attached hydrogen (secondary N) is 1. The van der Waals surface area contributed by atoms with Crippen LogP contribution in [0.25, 0.3) is 27.7 Å². The summed E-state index contributed by atoms with van der Waals surface area (Å²) in [7, 11) is 0. The van der Waals surface area contributed by atoms with Crippen molar-refractivity contribution in [2.75, 3.05) is 0 Å². The largest absolute Gasteiger partial charge is 0.381 e. The van der Waals surface area contributed by atoms with Crippen LogP contribution in [0, 0.1) is 0 Å². The number of rotatable bonds is 5. The van der Waals surface area contributed by atoms with E-state index in [1.807, 2.05) is 24.4 Å². The number of fused-ring (bicyclic) bond motifs is 1. The maximum Gasteiger partial charge on any atom is 0.0701 e. The summed E-state index contributed by atoms with van der Waals surface area (Å²) < 4.78 is 0. The molecule has 0 unspecified atom stereocenters. The van der Waals surface area contributed by atoms with Gasteiger partial charge in [0, 0.05) is 24.0 Å². The molecule has 0 aliphatic carbocycles. The molecule has 1 aromatic heterocycles. The van der Waals surface area contributed by atoms with E-state index >= 15 is 0 Å². The van der Waals surface area contributed by atoms with Crippen LogP contribution in [0.2, 0.25) is 0 Å². The molecule has 0 bridgehead atoms. The standard InChI is InChI=1S/C24H20N2/c1-18(19-12-14-21(15-13-19)24-11-4-5-16-25-24)26-17-22-9-6-8-20-7-2-3-10-23(20)22/h2-16,26H,1,17H2. The highest BCUT2D eigenvalue weighted by Gasteiger charge is 2.04. The Kier molecular flexibility index (Phi) is 4.48. The predicted octanol–water partition coefficient (Wildman–Crippen LogP) is 5.66. The number of pyridine rings is 1. The van der Waals surface area contributed by atoms with Gasteiger partial charge in [0.05, 0.1) is 5.69 Å². The van der Waals surface area contributed by atoms with Crippen LogP contribution in [-0.2, 0) is 6.54 Å². The molecule has 0 spiro atoms. The van der Waals surface area contributed by atoms with Crippen molar-refractivity contribution in [3.8, 4) is 11.3 Å². The van der Waals surface area contributed by atoms with Gasteiger partial charge in [0.1, 0.15) is 0 Å². The lowest BCUT2D eigenvalue weighted by Gasteiger charge is -2.12. The minimum atomic E-state index is 0.752. The molecule has 3 aromatic carbocycles. The van der Waals surface area contributed by atoms with E-state index in [0.29, 0.717) is 0 Å². The third-order valence-corrected chi connectivity index (χ3v) is 4.57. The van der Waals surface area contributed by atoms with Crippen LogP contribution in [0.15, 0.2) is 97.7 Å². The number of benzene rings is 3. The van der Waals surface area contributed by atoms with Gasteiger partial charge in [0.2, 0.25) is 0 Å². The maximum atomic E-state index is 4.39. The van der Waals surface area contributed by atoms with Crippen molar-refractivity contribution in [2.45, 2.75) is 6.54 Å². The Morgan fingerprint density at radius 3 is 2.38 bits per heavy atom. The van der Waals surface area contributed by atoms with Crippen molar-refractivity contribution in [1.82, 2.24) is 10.3 Å². The summed E-state index contributed by atoms with van der Waals surface area (Å²) in [5.41, 5.74) is 5.37. The zero-order valence-electron chi connectivity index (χ0n) is 14.5. The molecular weight excluding hydrogens is 316 g/mol. The van der Waals surface area contributed by atoms with E-state index in [4.69, 9.17) is 0 Å². The average Bonchev–Trinajstić information content (AvgIpc) is 2.73. The molecule has 26 heavy (non-hydrogen) atoms. The second-order valence-corrected chi connectivity index (χ2v) is 6.26. The lowest BCUT2D eigenvalue weighted by molar-refractivity contribution is 0.899. The number of hydrogen-bond donors (Lipinski definition) is 1. The summed E-state index contributed by atoms with van der Waals surface area (Å²) in [6, 6.07) is 29.1. The number of aromatic nitrogens is 1. The normalized spacial score (nSPS) is 10.6. The first-order valence-corrected chi connectivity index (χ1v) is 8.72. The van der Waals surface area contributed by atoms with Gasteiger partial charge in [-0.25, -0.2) is 0 Å². The zero-order valence-corrected chi connectivity index (χ0v) is 14.5. The van der Waals surface area contributed by atoms with E-state index < -0.39 is 0 Å². The predicted molar refractivity (Wildman–Crippen MR) is 109 cm³/mol. The Morgan fingerprint density at radius 2 is 1.58 bits per heavy atom. The molecule has 0 fully saturated rings. The van der Waals surface area contributed by atoms with Gasteiger partial charge in [-0.1, -0.05) is 79.4 Å². The Labute approximate surface area is 153 Å². The minimum absolute atomic E-state index is 0.752. The first kappa shape index (κ1) is 16.1. The third-order valence-electron chi connectivity index (χ3n) is 4.57. The van der Waals surface area contributed by atoms with Crippen molar-refractivity contribution < 1.29 is 0 Å². The topological polar surface area (TPSA) is 24.9 Å². The maximum absolute atomic E-state index is 4.39. The number of hydrogen-bond acceptors (Lipinski definition) is 2. The quantitative estimate of drug-likeness (QED) is 0.508. The average molecular weight is 336 g/mol. The fourth-order valence-electron chi connectivity index (χ4n) is 3.13. The SMILES string of the molecule is C=C(NCc1cccc2ccccc12)c1ccc(-c2ccccn2)cc1. The van der Waals surface area contributed by atoms with Crippen LogP contribution >= 0.6 is 0 Å². The fraction of sp³-hybridized carbons (Fsp3) is 0.0417. The summed E-state index contributed by atoms with van der Waals surface area (Å²) in [6.45, 7) is 4.95. The summed E-state index contributed by atoms with van der Waals surface area (Å²) >= 11 is 0. The van der Waals surface area contributed by atoms with Gasteiger partial charge in [-0.05, 0) is 34.0 Å². The van der Waals surface area contributed by atoms with Crippen molar-refractivity contribution in [3.05, 3.63) is 109 Å². The highest BCUT2D eigenvalue weighted by Crippen LogP contribution is 2.21. The van der Waals surface area contributed by atoms with E-state index in [1.54, 1.807) is 0 Å². The Bertz CT molecular complexity index is 1030. The Balaban J connectivity index is 1.48. The summed E-state index contributed by atoms with van der Waals surface area (Å²) in [6.07, 6.45) is 1.81. The molecule has 126 valence electrons. The summed E-state index contributed by atoms with van der Waals surface area (Å²) in [5.74, 6) is 0. The van der Waals surface area contributed by atoms with Gasteiger partial charge in [0.25, 0.3) is 0 Å². The Morgan fingerprint density at radius 1 is 0.808 bits per heavy atom. The van der Waals surface area contributed by atoms with Crippen molar-refractivity contribution >= 4 is 16.5 Å². The van der Waals surface area contributed by atoms with Crippen molar-refractivity contribution in [3.63, 3.8) is 0 Å². The van der Waals surface area contributed by atoms with Gasteiger partial charge in [-0.15, -0.1) is 0 Å². The molecule has 0 saturated heterocycles. The molecule has 0 aliphatic rings. The van der Waals surface area contributed by atoms with E-state index in [1.165, 1.54) is 16.3 Å². The van der Waals surface area contributed by atoms with Crippen molar-refractivity contribution in [1.29, 1.82) is 0 Å². The molecule has 0 atom stereocenters. The molecular formula is C24H20N2. The van der Waals surface area contributed by atoms with E-state index in [0.717, 1.165) is 29.1 Å². The van der Waals surface area contributed by atoms with Gasteiger partial charge < -0.3 is 5.32 Å². The molecule has 1 N–H and O–H groups in total. The molecule has 1 heterocycles. The van der Waals surface area contributed by atoms with Crippen LogP contribution in [0.4, 0.5) is 0 Å². The van der Waals surface area contributed by atoms with Crippen LogP contribution in [-0.4, -0.2) is 4.98 Å². The van der Waals surface area contributed by atoms with Gasteiger partial charge >= 0.3 is 0 Å². The second kappa shape index (κ2) is 7.24. The zero-order chi connectivity index (χ0) is 17.8. The van der Waals surface area contributed by atoms with Gasteiger partial charge in [-0.2, -0.15) is 0 Å². The summed E-state index contributed by atoms with van der Waals surface area (Å²) in [5, 5.41) is 6.00.